The van der Waals surface area contributed by atoms with E-state index in [0.29, 0.717) is 11.3 Å². The van der Waals surface area contributed by atoms with E-state index in [9.17, 15) is 8.42 Å². The summed E-state index contributed by atoms with van der Waals surface area (Å²) < 4.78 is 25.4. The molecule has 19 heavy (non-hydrogen) atoms. The van der Waals surface area contributed by atoms with Gasteiger partial charge in [-0.15, -0.1) is 0 Å². The molecule has 1 aromatic rings. The molecular weight excluding hydrogens is 258 g/mol. The summed E-state index contributed by atoms with van der Waals surface area (Å²) in [7, 11) is -3.19. The molecule has 0 saturated heterocycles. The lowest BCUT2D eigenvalue weighted by Crippen LogP contribution is -2.31. The first-order valence-electron chi connectivity index (χ1n) is 7.01. The van der Waals surface area contributed by atoms with Gasteiger partial charge in [0.2, 0.25) is 0 Å². The van der Waals surface area contributed by atoms with Crippen LogP contribution in [0, 0.1) is 13.8 Å². The molecule has 0 radical (unpaired) electrons. The predicted octanol–water partition coefficient (Wildman–Crippen LogP) is 2.91. The topological polar surface area (TPSA) is 46.2 Å². The molecule has 3 nitrogen and oxygen atoms in total. The van der Waals surface area contributed by atoms with Crippen molar-refractivity contribution in [1.82, 2.24) is 5.32 Å². The SMILES string of the molecule is CCCNC1c2cc(C)cc(C)c2S(=O)(=O)C1CC. The molecule has 1 N–H and O–H groups in total. The van der Waals surface area contributed by atoms with Gasteiger partial charge in [0, 0.05) is 0 Å². The summed E-state index contributed by atoms with van der Waals surface area (Å²) in [6.45, 7) is 8.83. The third-order valence-corrected chi connectivity index (χ3v) is 6.38. The van der Waals surface area contributed by atoms with Crippen LogP contribution in [-0.2, 0) is 9.84 Å². The number of nitrogens with one attached hydrogen (secondary N) is 1. The van der Waals surface area contributed by atoms with Crippen LogP contribution in [-0.4, -0.2) is 20.2 Å². The number of hydrogen-bond donors (Lipinski definition) is 1. The minimum Gasteiger partial charge on any atom is -0.309 e. The zero-order valence-electron chi connectivity index (χ0n) is 12.2. The molecule has 1 aliphatic rings. The van der Waals surface area contributed by atoms with E-state index in [4.69, 9.17) is 0 Å². The van der Waals surface area contributed by atoms with E-state index in [2.05, 4.69) is 12.2 Å². The highest BCUT2D eigenvalue weighted by Crippen LogP contribution is 2.42. The van der Waals surface area contributed by atoms with Crippen LogP contribution in [0.3, 0.4) is 0 Å². The molecule has 4 heteroatoms. The Morgan fingerprint density at radius 3 is 2.47 bits per heavy atom. The molecule has 0 bridgehead atoms. The van der Waals surface area contributed by atoms with Crippen molar-refractivity contribution in [2.24, 2.45) is 0 Å². The summed E-state index contributed by atoms with van der Waals surface area (Å²) in [6.07, 6.45) is 1.66. The maximum Gasteiger partial charge on any atom is 0.183 e. The Balaban J connectivity index is 2.59. The molecule has 0 aliphatic carbocycles. The van der Waals surface area contributed by atoms with Crippen molar-refractivity contribution in [3.63, 3.8) is 0 Å². The maximum absolute atomic E-state index is 12.7. The Bertz CT molecular complexity index is 578. The first-order chi connectivity index (χ1) is 8.93. The van der Waals surface area contributed by atoms with Gasteiger partial charge in [-0.25, -0.2) is 8.42 Å². The van der Waals surface area contributed by atoms with Crippen molar-refractivity contribution in [3.05, 3.63) is 28.8 Å². The van der Waals surface area contributed by atoms with Crippen LogP contribution in [0.25, 0.3) is 0 Å². The van der Waals surface area contributed by atoms with Crippen molar-refractivity contribution in [3.8, 4) is 0 Å². The smallest absolute Gasteiger partial charge is 0.183 e. The summed E-state index contributed by atoms with van der Waals surface area (Å²) >= 11 is 0. The molecule has 2 unspecified atom stereocenters. The van der Waals surface area contributed by atoms with Gasteiger partial charge in [0.25, 0.3) is 0 Å². The molecule has 2 atom stereocenters. The van der Waals surface area contributed by atoms with E-state index >= 15 is 0 Å². The lowest BCUT2D eigenvalue weighted by Gasteiger charge is -2.19. The highest BCUT2D eigenvalue weighted by Gasteiger charge is 2.44. The van der Waals surface area contributed by atoms with E-state index in [0.717, 1.165) is 29.7 Å². The van der Waals surface area contributed by atoms with Gasteiger partial charge in [-0.05, 0) is 44.4 Å². The van der Waals surface area contributed by atoms with Crippen LogP contribution in [0.15, 0.2) is 17.0 Å². The summed E-state index contributed by atoms with van der Waals surface area (Å²) in [4.78, 5) is 0.568. The second-order valence-corrected chi connectivity index (χ2v) is 7.53. The summed E-state index contributed by atoms with van der Waals surface area (Å²) in [5.41, 5.74) is 2.98. The normalized spacial score (nSPS) is 24.4. The largest absolute Gasteiger partial charge is 0.309 e. The van der Waals surface area contributed by atoms with Gasteiger partial charge >= 0.3 is 0 Å². The van der Waals surface area contributed by atoms with Crippen molar-refractivity contribution in [1.29, 1.82) is 0 Å². The van der Waals surface area contributed by atoms with Gasteiger partial charge in [0.1, 0.15) is 0 Å². The van der Waals surface area contributed by atoms with Gasteiger partial charge in [-0.2, -0.15) is 0 Å². The number of fused-ring (bicyclic) bond motifs is 1. The van der Waals surface area contributed by atoms with E-state index in [-0.39, 0.29) is 11.3 Å². The lowest BCUT2D eigenvalue weighted by molar-refractivity contribution is 0.492. The zero-order valence-corrected chi connectivity index (χ0v) is 13.0. The minimum atomic E-state index is -3.19. The van der Waals surface area contributed by atoms with Crippen LogP contribution in [0.1, 0.15) is 49.4 Å². The molecule has 2 rings (SSSR count). The van der Waals surface area contributed by atoms with E-state index in [1.165, 1.54) is 0 Å². The number of aryl methyl sites for hydroxylation is 2. The van der Waals surface area contributed by atoms with E-state index < -0.39 is 9.84 Å². The quantitative estimate of drug-likeness (QED) is 0.923. The highest BCUT2D eigenvalue weighted by molar-refractivity contribution is 7.92. The molecular formula is C15H23NO2S. The highest BCUT2D eigenvalue weighted by atomic mass is 32.2. The number of benzene rings is 1. The number of sulfone groups is 1. The number of rotatable bonds is 4. The first-order valence-corrected chi connectivity index (χ1v) is 8.56. The molecule has 0 amide bonds. The average molecular weight is 281 g/mol. The van der Waals surface area contributed by atoms with Crippen molar-refractivity contribution < 1.29 is 8.42 Å². The third kappa shape index (κ3) is 2.32. The monoisotopic (exact) mass is 281 g/mol. The minimum absolute atomic E-state index is 0.0523. The fourth-order valence-electron chi connectivity index (χ4n) is 3.13. The van der Waals surface area contributed by atoms with Gasteiger partial charge < -0.3 is 5.32 Å². The van der Waals surface area contributed by atoms with Gasteiger partial charge in [0.15, 0.2) is 9.84 Å². The Kier molecular flexibility index (Phi) is 4.02. The molecule has 1 aromatic carbocycles. The van der Waals surface area contributed by atoms with Gasteiger partial charge in [-0.3, -0.25) is 0 Å². The van der Waals surface area contributed by atoms with Crippen LogP contribution in [0.4, 0.5) is 0 Å². The second-order valence-electron chi connectivity index (χ2n) is 5.42. The fourth-order valence-corrected chi connectivity index (χ4v) is 5.50. The Morgan fingerprint density at radius 2 is 1.89 bits per heavy atom. The Labute approximate surface area is 116 Å². The molecule has 0 fully saturated rings. The van der Waals surface area contributed by atoms with E-state index in [1.54, 1.807) is 0 Å². The number of hydrogen-bond acceptors (Lipinski definition) is 3. The predicted molar refractivity (Wildman–Crippen MR) is 78.2 cm³/mol. The average Bonchev–Trinajstić information content (AvgIpc) is 2.53. The van der Waals surface area contributed by atoms with Gasteiger partial charge in [-0.1, -0.05) is 31.5 Å². The second kappa shape index (κ2) is 5.25. The third-order valence-electron chi connectivity index (χ3n) is 3.85. The van der Waals surface area contributed by atoms with Crippen molar-refractivity contribution in [2.45, 2.75) is 56.7 Å². The fraction of sp³-hybridized carbons (Fsp3) is 0.600. The summed E-state index contributed by atoms with van der Waals surface area (Å²) in [6, 6.07) is 3.94. The van der Waals surface area contributed by atoms with E-state index in [1.807, 2.05) is 32.9 Å². The molecule has 1 aliphatic heterocycles. The molecule has 0 spiro atoms. The molecule has 1 heterocycles. The zero-order chi connectivity index (χ0) is 14.2. The lowest BCUT2D eigenvalue weighted by atomic mass is 9.98. The summed E-state index contributed by atoms with van der Waals surface area (Å²) in [5.74, 6) is 0. The van der Waals surface area contributed by atoms with Gasteiger partial charge in [0.05, 0.1) is 16.2 Å². The van der Waals surface area contributed by atoms with Crippen LogP contribution in [0.2, 0.25) is 0 Å². The van der Waals surface area contributed by atoms with Crippen molar-refractivity contribution >= 4 is 9.84 Å². The molecule has 0 saturated carbocycles. The van der Waals surface area contributed by atoms with Crippen LogP contribution >= 0.6 is 0 Å². The first kappa shape index (κ1) is 14.5. The maximum atomic E-state index is 12.7. The van der Waals surface area contributed by atoms with Crippen molar-refractivity contribution in [2.75, 3.05) is 6.54 Å². The Morgan fingerprint density at radius 1 is 1.21 bits per heavy atom. The molecule has 0 aromatic heterocycles. The standard InChI is InChI=1S/C15H23NO2S/c1-5-7-16-14-12-9-10(3)8-11(4)15(12)19(17,18)13(14)6-2/h8-9,13-14,16H,5-7H2,1-4H3. The Hall–Kier alpha value is -0.870. The van der Waals surface area contributed by atoms with Crippen LogP contribution < -0.4 is 5.32 Å². The summed E-state index contributed by atoms with van der Waals surface area (Å²) in [5, 5.41) is 3.09. The molecule has 106 valence electrons. The van der Waals surface area contributed by atoms with Crippen LogP contribution in [0.5, 0.6) is 0 Å².